The van der Waals surface area contributed by atoms with Gasteiger partial charge in [-0.1, -0.05) is 6.07 Å². The highest BCUT2D eigenvalue weighted by atomic mass is 19.1. The molecular weight excluding hydrogens is 263 g/mol. The summed E-state index contributed by atoms with van der Waals surface area (Å²) in [6, 6.07) is 4.09. The lowest BCUT2D eigenvalue weighted by molar-refractivity contribution is 0.0595. The minimum Gasteiger partial charge on any atom is -0.465 e. The van der Waals surface area contributed by atoms with E-state index in [9.17, 15) is 9.18 Å². The van der Waals surface area contributed by atoms with Crippen LogP contribution in [0, 0.1) is 11.2 Å². The number of carbonyl (C=O) groups is 1. The standard InChI is InChI=1S/C14H17FN2O3/c1-19-6-5-17-9-11(8-16)10-3-4-12(13(15)7-10)14(18)20-2/h3-4,7-9,16-17H,5-6H2,1-2H3/b11-9+,16-8?. The molecule has 0 aliphatic carbocycles. The van der Waals surface area contributed by atoms with Crippen molar-refractivity contribution in [3.8, 4) is 0 Å². The summed E-state index contributed by atoms with van der Waals surface area (Å²) in [6.45, 7) is 1.11. The number of nitrogens with one attached hydrogen (secondary N) is 2. The molecule has 0 unspecified atom stereocenters. The fourth-order valence-electron chi connectivity index (χ4n) is 1.52. The third-order valence-electron chi connectivity index (χ3n) is 2.57. The molecular formula is C14H17FN2O3. The van der Waals surface area contributed by atoms with Gasteiger partial charge in [0.15, 0.2) is 0 Å². The van der Waals surface area contributed by atoms with E-state index in [0.29, 0.717) is 24.3 Å². The highest BCUT2D eigenvalue weighted by Gasteiger charge is 2.13. The first-order chi connectivity index (χ1) is 9.63. The number of allylic oxidation sites excluding steroid dienone is 1. The summed E-state index contributed by atoms with van der Waals surface area (Å²) in [6.07, 6.45) is 2.70. The molecule has 0 saturated heterocycles. The number of ether oxygens (including phenoxy) is 2. The zero-order valence-electron chi connectivity index (χ0n) is 11.4. The number of rotatable bonds is 7. The Hall–Kier alpha value is -2.21. The Morgan fingerprint density at radius 3 is 2.75 bits per heavy atom. The van der Waals surface area contributed by atoms with Crippen molar-refractivity contribution in [2.24, 2.45) is 0 Å². The van der Waals surface area contributed by atoms with Gasteiger partial charge in [-0.25, -0.2) is 9.18 Å². The van der Waals surface area contributed by atoms with E-state index in [-0.39, 0.29) is 5.56 Å². The Morgan fingerprint density at radius 2 is 2.20 bits per heavy atom. The summed E-state index contributed by atoms with van der Waals surface area (Å²) in [5.74, 6) is -1.41. The van der Waals surface area contributed by atoms with E-state index in [1.54, 1.807) is 19.4 Å². The van der Waals surface area contributed by atoms with E-state index in [1.165, 1.54) is 19.2 Å². The van der Waals surface area contributed by atoms with Crippen molar-refractivity contribution in [2.45, 2.75) is 0 Å². The lowest BCUT2D eigenvalue weighted by atomic mass is 10.0. The van der Waals surface area contributed by atoms with Crippen molar-refractivity contribution in [1.29, 1.82) is 5.41 Å². The quantitative estimate of drug-likeness (QED) is 0.454. The van der Waals surface area contributed by atoms with E-state index >= 15 is 0 Å². The van der Waals surface area contributed by atoms with Gasteiger partial charge >= 0.3 is 5.97 Å². The van der Waals surface area contributed by atoms with Crippen molar-refractivity contribution < 1.29 is 18.7 Å². The molecule has 2 N–H and O–H groups in total. The Labute approximate surface area is 116 Å². The molecule has 0 bridgehead atoms. The lowest BCUT2D eigenvalue weighted by Gasteiger charge is -2.06. The van der Waals surface area contributed by atoms with Crippen molar-refractivity contribution in [3.63, 3.8) is 0 Å². The number of carbonyl (C=O) groups excluding carboxylic acids is 1. The monoisotopic (exact) mass is 280 g/mol. The second-order valence-electron chi connectivity index (χ2n) is 3.88. The SMILES string of the molecule is COCCN/C=C(\C=N)c1ccc(C(=O)OC)c(F)c1. The first kappa shape index (κ1) is 15.8. The number of benzene rings is 1. The predicted octanol–water partition coefficient (Wildman–Crippen LogP) is 1.84. The first-order valence-electron chi connectivity index (χ1n) is 5.95. The molecule has 108 valence electrons. The smallest absolute Gasteiger partial charge is 0.340 e. The maximum atomic E-state index is 13.8. The Kier molecular flexibility index (Phi) is 6.39. The Morgan fingerprint density at radius 1 is 1.45 bits per heavy atom. The normalized spacial score (nSPS) is 11.1. The lowest BCUT2D eigenvalue weighted by Crippen LogP contribution is -2.13. The number of esters is 1. The third-order valence-corrected chi connectivity index (χ3v) is 2.57. The van der Waals surface area contributed by atoms with E-state index < -0.39 is 11.8 Å². The number of methoxy groups -OCH3 is 2. The maximum Gasteiger partial charge on any atom is 0.340 e. The number of hydrogen-bond donors (Lipinski definition) is 2. The molecule has 20 heavy (non-hydrogen) atoms. The maximum absolute atomic E-state index is 13.8. The van der Waals surface area contributed by atoms with Gasteiger partial charge in [-0.05, 0) is 17.7 Å². The molecule has 0 radical (unpaired) electrons. The number of halogens is 1. The average Bonchev–Trinajstić information content (AvgIpc) is 2.46. The molecule has 0 aliphatic heterocycles. The van der Waals surface area contributed by atoms with Crippen LogP contribution in [0.1, 0.15) is 15.9 Å². The van der Waals surface area contributed by atoms with Gasteiger partial charge in [0.25, 0.3) is 0 Å². The van der Waals surface area contributed by atoms with Crippen molar-refractivity contribution in [1.82, 2.24) is 5.32 Å². The highest BCUT2D eigenvalue weighted by molar-refractivity contribution is 6.08. The summed E-state index contributed by atoms with van der Waals surface area (Å²) in [5, 5.41) is 10.3. The minimum atomic E-state index is -0.729. The second-order valence-corrected chi connectivity index (χ2v) is 3.88. The van der Waals surface area contributed by atoms with Gasteiger partial charge in [-0.15, -0.1) is 0 Å². The Bertz CT molecular complexity index is 515. The molecule has 1 aromatic carbocycles. The van der Waals surface area contributed by atoms with Crippen LogP contribution in [-0.4, -0.2) is 39.6 Å². The van der Waals surface area contributed by atoms with Crippen LogP contribution >= 0.6 is 0 Å². The fourth-order valence-corrected chi connectivity index (χ4v) is 1.52. The topological polar surface area (TPSA) is 71.4 Å². The number of hydrogen-bond acceptors (Lipinski definition) is 5. The molecule has 6 heteroatoms. The van der Waals surface area contributed by atoms with Crippen LogP contribution in [0.25, 0.3) is 5.57 Å². The molecule has 0 aliphatic rings. The van der Waals surface area contributed by atoms with Gasteiger partial charge in [0.1, 0.15) is 5.82 Å². The minimum absolute atomic E-state index is 0.132. The molecule has 0 amide bonds. The molecule has 0 fully saturated rings. The molecule has 0 aromatic heterocycles. The summed E-state index contributed by atoms with van der Waals surface area (Å²) < 4.78 is 23.1. The van der Waals surface area contributed by atoms with Gasteiger partial charge in [-0.2, -0.15) is 0 Å². The Balaban J connectivity index is 2.91. The van der Waals surface area contributed by atoms with Crippen LogP contribution in [0.15, 0.2) is 24.4 Å². The van der Waals surface area contributed by atoms with Gasteiger partial charge < -0.3 is 20.2 Å². The van der Waals surface area contributed by atoms with E-state index in [4.69, 9.17) is 10.1 Å². The van der Waals surface area contributed by atoms with Crippen LogP contribution in [0.5, 0.6) is 0 Å². The van der Waals surface area contributed by atoms with Crippen LogP contribution in [0.4, 0.5) is 4.39 Å². The predicted molar refractivity (Wildman–Crippen MR) is 74.4 cm³/mol. The van der Waals surface area contributed by atoms with Crippen LogP contribution in [-0.2, 0) is 9.47 Å². The zero-order chi connectivity index (χ0) is 15.0. The molecule has 1 aromatic rings. The first-order valence-corrected chi connectivity index (χ1v) is 5.95. The largest absolute Gasteiger partial charge is 0.465 e. The average molecular weight is 280 g/mol. The summed E-state index contributed by atoms with van der Waals surface area (Å²) in [5.41, 5.74) is 0.861. The van der Waals surface area contributed by atoms with Crippen molar-refractivity contribution in [2.75, 3.05) is 27.4 Å². The van der Waals surface area contributed by atoms with Gasteiger partial charge in [-0.3, -0.25) is 0 Å². The third kappa shape index (κ3) is 4.17. The molecule has 5 nitrogen and oxygen atoms in total. The summed E-state index contributed by atoms with van der Waals surface area (Å²) >= 11 is 0. The fraction of sp³-hybridized carbons (Fsp3) is 0.286. The summed E-state index contributed by atoms with van der Waals surface area (Å²) in [4.78, 5) is 11.3. The van der Waals surface area contributed by atoms with E-state index in [2.05, 4.69) is 10.1 Å². The van der Waals surface area contributed by atoms with Crippen LogP contribution in [0.2, 0.25) is 0 Å². The second kappa shape index (κ2) is 8.06. The molecule has 0 atom stereocenters. The summed E-state index contributed by atoms with van der Waals surface area (Å²) in [7, 11) is 2.78. The zero-order valence-corrected chi connectivity index (χ0v) is 11.4. The highest BCUT2D eigenvalue weighted by Crippen LogP contribution is 2.17. The van der Waals surface area contributed by atoms with Crippen molar-refractivity contribution >= 4 is 17.8 Å². The van der Waals surface area contributed by atoms with E-state index in [0.717, 1.165) is 6.21 Å². The molecule has 0 spiro atoms. The van der Waals surface area contributed by atoms with Gasteiger partial charge in [0.05, 0.1) is 19.3 Å². The van der Waals surface area contributed by atoms with Crippen molar-refractivity contribution in [3.05, 3.63) is 41.3 Å². The van der Waals surface area contributed by atoms with Gasteiger partial charge in [0.2, 0.25) is 0 Å². The van der Waals surface area contributed by atoms with Crippen LogP contribution < -0.4 is 5.32 Å². The van der Waals surface area contributed by atoms with Crippen LogP contribution in [0.3, 0.4) is 0 Å². The molecule has 0 saturated carbocycles. The molecule has 0 heterocycles. The van der Waals surface area contributed by atoms with Gasteiger partial charge in [0, 0.05) is 31.6 Å². The molecule has 1 rings (SSSR count). The van der Waals surface area contributed by atoms with E-state index in [1.807, 2.05) is 0 Å².